The minimum Gasteiger partial charge on any atom is -0.480 e. The van der Waals surface area contributed by atoms with E-state index in [-0.39, 0.29) is 12.1 Å². The van der Waals surface area contributed by atoms with Crippen LogP contribution in [0.5, 0.6) is 0 Å². The van der Waals surface area contributed by atoms with E-state index in [2.05, 4.69) is 6.58 Å². The Labute approximate surface area is 120 Å². The Bertz CT molecular complexity index is 389. The summed E-state index contributed by atoms with van der Waals surface area (Å²) in [4.78, 5) is 27.0. The van der Waals surface area contributed by atoms with E-state index in [4.69, 9.17) is 4.74 Å². The molecule has 0 spiro atoms. The van der Waals surface area contributed by atoms with Crippen LogP contribution in [0.2, 0.25) is 0 Å². The van der Waals surface area contributed by atoms with Gasteiger partial charge in [-0.2, -0.15) is 0 Å². The number of hydrogen-bond acceptors (Lipinski definition) is 3. The van der Waals surface area contributed by atoms with Crippen LogP contribution in [0, 0.1) is 0 Å². The quantitative estimate of drug-likeness (QED) is 0.795. The minimum atomic E-state index is -0.995. The van der Waals surface area contributed by atoms with Gasteiger partial charge in [0.25, 0.3) is 0 Å². The molecule has 0 aliphatic carbocycles. The molecule has 1 saturated heterocycles. The molecule has 6 heteroatoms. The first kappa shape index (κ1) is 16.5. The number of carbonyl (C=O) groups excluding carboxylic acids is 1. The summed E-state index contributed by atoms with van der Waals surface area (Å²) in [6.45, 7) is 10.1. The van der Waals surface area contributed by atoms with Crippen molar-refractivity contribution < 1.29 is 19.4 Å². The molecule has 1 rings (SSSR count). The molecule has 1 aliphatic heterocycles. The summed E-state index contributed by atoms with van der Waals surface area (Å²) < 4.78 is 5.20. The smallest absolute Gasteiger partial charge is 0.326 e. The second-order valence-corrected chi connectivity index (χ2v) is 5.95. The largest absolute Gasteiger partial charge is 0.480 e. The van der Waals surface area contributed by atoms with Crippen molar-refractivity contribution in [3.05, 3.63) is 12.7 Å². The summed E-state index contributed by atoms with van der Waals surface area (Å²) >= 11 is 0. The molecule has 1 fully saturated rings. The molecule has 1 aliphatic rings. The molecule has 2 amide bonds. The number of aliphatic carboxylic acids is 1. The van der Waals surface area contributed by atoms with Crippen molar-refractivity contribution in [2.24, 2.45) is 0 Å². The molecule has 2 unspecified atom stereocenters. The average Bonchev–Trinajstić information content (AvgIpc) is 2.78. The number of urea groups is 1. The lowest BCUT2D eigenvalue weighted by Gasteiger charge is -2.38. The number of methoxy groups -OCH3 is 1. The highest BCUT2D eigenvalue weighted by molar-refractivity contribution is 5.84. The standard InChI is InChI=1S/C14H24N2O4/c1-6-7-16(14(2,3)4)13(19)15-9-10(20-5)8-11(15)12(17)18/h6,10-11H,1,7-9H2,2-5H3,(H,17,18). The summed E-state index contributed by atoms with van der Waals surface area (Å²) in [6, 6.07) is -1.12. The lowest BCUT2D eigenvalue weighted by atomic mass is 10.1. The van der Waals surface area contributed by atoms with Crippen LogP contribution in [0.4, 0.5) is 4.79 Å². The van der Waals surface area contributed by atoms with Crippen molar-refractivity contribution >= 4 is 12.0 Å². The first-order valence-corrected chi connectivity index (χ1v) is 6.67. The van der Waals surface area contributed by atoms with E-state index in [1.807, 2.05) is 20.8 Å². The third-order valence-corrected chi connectivity index (χ3v) is 3.48. The average molecular weight is 284 g/mol. The predicted molar refractivity (Wildman–Crippen MR) is 75.6 cm³/mol. The van der Waals surface area contributed by atoms with Gasteiger partial charge < -0.3 is 19.6 Å². The molecule has 0 aromatic carbocycles. The highest BCUT2D eigenvalue weighted by atomic mass is 16.5. The van der Waals surface area contributed by atoms with E-state index < -0.39 is 17.6 Å². The number of likely N-dealkylation sites (tertiary alicyclic amines) is 1. The van der Waals surface area contributed by atoms with Crippen molar-refractivity contribution in [2.75, 3.05) is 20.2 Å². The summed E-state index contributed by atoms with van der Waals surface area (Å²) in [5.41, 5.74) is -0.403. The number of rotatable bonds is 4. The van der Waals surface area contributed by atoms with E-state index >= 15 is 0 Å². The summed E-state index contributed by atoms with van der Waals surface area (Å²) in [7, 11) is 1.53. The molecule has 0 saturated carbocycles. The molecule has 0 aromatic heterocycles. The molecule has 0 bridgehead atoms. The number of carboxylic acids is 1. The highest BCUT2D eigenvalue weighted by Crippen LogP contribution is 2.24. The Morgan fingerprint density at radius 3 is 2.50 bits per heavy atom. The van der Waals surface area contributed by atoms with Gasteiger partial charge in [-0.05, 0) is 20.8 Å². The maximum Gasteiger partial charge on any atom is 0.326 e. The fraction of sp³-hybridized carbons (Fsp3) is 0.714. The molecule has 0 aromatic rings. The second kappa shape index (κ2) is 6.26. The van der Waals surface area contributed by atoms with Crippen LogP contribution in [0.3, 0.4) is 0 Å². The van der Waals surface area contributed by atoms with Gasteiger partial charge in [-0.3, -0.25) is 0 Å². The molecular weight excluding hydrogens is 260 g/mol. The molecule has 6 nitrogen and oxygen atoms in total. The van der Waals surface area contributed by atoms with E-state index in [1.54, 1.807) is 11.0 Å². The van der Waals surface area contributed by atoms with Crippen LogP contribution in [0.1, 0.15) is 27.2 Å². The van der Waals surface area contributed by atoms with Gasteiger partial charge in [-0.25, -0.2) is 9.59 Å². The first-order valence-electron chi connectivity index (χ1n) is 6.67. The van der Waals surface area contributed by atoms with Crippen molar-refractivity contribution in [1.29, 1.82) is 0 Å². The SMILES string of the molecule is C=CCN(C(=O)N1CC(OC)CC1C(=O)O)C(C)(C)C. The van der Waals surface area contributed by atoms with E-state index in [1.165, 1.54) is 12.0 Å². The second-order valence-electron chi connectivity index (χ2n) is 5.95. The predicted octanol–water partition coefficient (Wildman–Crippen LogP) is 1.57. The third-order valence-electron chi connectivity index (χ3n) is 3.48. The number of amides is 2. The Balaban J connectivity index is 2.97. The van der Waals surface area contributed by atoms with E-state index in [0.29, 0.717) is 19.5 Å². The first-order chi connectivity index (χ1) is 9.22. The van der Waals surface area contributed by atoms with Crippen molar-refractivity contribution in [3.63, 3.8) is 0 Å². The topological polar surface area (TPSA) is 70.1 Å². The summed E-state index contributed by atoms with van der Waals surface area (Å²) in [5, 5.41) is 9.27. The molecule has 20 heavy (non-hydrogen) atoms. The minimum absolute atomic E-state index is 0.231. The molecule has 2 atom stereocenters. The van der Waals surface area contributed by atoms with Gasteiger partial charge in [0.1, 0.15) is 6.04 Å². The fourth-order valence-corrected chi connectivity index (χ4v) is 2.34. The van der Waals surface area contributed by atoms with Crippen molar-refractivity contribution in [3.8, 4) is 0 Å². The summed E-state index contributed by atoms with van der Waals surface area (Å²) in [6.07, 6.45) is 1.73. The zero-order valence-corrected chi connectivity index (χ0v) is 12.6. The Kier molecular flexibility index (Phi) is 5.16. The molecule has 0 radical (unpaired) electrons. The van der Waals surface area contributed by atoms with E-state index in [9.17, 15) is 14.7 Å². The highest BCUT2D eigenvalue weighted by Gasteiger charge is 2.42. The van der Waals surface area contributed by atoms with Gasteiger partial charge in [-0.1, -0.05) is 6.08 Å². The lowest BCUT2D eigenvalue weighted by molar-refractivity contribution is -0.141. The Morgan fingerprint density at radius 2 is 2.10 bits per heavy atom. The van der Waals surface area contributed by atoms with Crippen molar-refractivity contribution in [2.45, 2.75) is 44.9 Å². The molecule has 1 heterocycles. The number of carboxylic acid groups (broad SMARTS) is 1. The molecule has 1 N–H and O–H groups in total. The zero-order valence-electron chi connectivity index (χ0n) is 12.6. The monoisotopic (exact) mass is 284 g/mol. The van der Waals surface area contributed by atoms with Crippen LogP contribution >= 0.6 is 0 Å². The Morgan fingerprint density at radius 1 is 1.50 bits per heavy atom. The Hall–Kier alpha value is -1.56. The van der Waals surface area contributed by atoms with Gasteiger partial charge in [0.2, 0.25) is 0 Å². The zero-order chi connectivity index (χ0) is 15.5. The van der Waals surface area contributed by atoms with Crippen LogP contribution in [-0.4, -0.2) is 64.8 Å². The number of ether oxygens (including phenoxy) is 1. The molecule has 114 valence electrons. The van der Waals surface area contributed by atoms with Gasteiger partial charge in [0.05, 0.1) is 6.10 Å². The van der Waals surface area contributed by atoms with Crippen LogP contribution in [-0.2, 0) is 9.53 Å². The van der Waals surface area contributed by atoms with Crippen LogP contribution in [0.15, 0.2) is 12.7 Å². The van der Waals surface area contributed by atoms with Crippen LogP contribution < -0.4 is 0 Å². The van der Waals surface area contributed by atoms with Crippen molar-refractivity contribution in [1.82, 2.24) is 9.80 Å². The van der Waals surface area contributed by atoms with Crippen LogP contribution in [0.25, 0.3) is 0 Å². The van der Waals surface area contributed by atoms with E-state index in [0.717, 1.165) is 0 Å². The maximum atomic E-state index is 12.6. The summed E-state index contributed by atoms with van der Waals surface area (Å²) in [5.74, 6) is -0.995. The van der Waals surface area contributed by atoms with Gasteiger partial charge in [0, 0.05) is 32.2 Å². The van der Waals surface area contributed by atoms with Gasteiger partial charge >= 0.3 is 12.0 Å². The number of nitrogens with zero attached hydrogens (tertiary/aromatic N) is 2. The van der Waals surface area contributed by atoms with Gasteiger partial charge in [0.15, 0.2) is 0 Å². The maximum absolute atomic E-state index is 12.6. The normalized spacial score (nSPS) is 22.7. The molecular formula is C14H24N2O4. The number of carbonyl (C=O) groups is 2. The third kappa shape index (κ3) is 3.50. The van der Waals surface area contributed by atoms with Gasteiger partial charge in [-0.15, -0.1) is 6.58 Å². The lowest BCUT2D eigenvalue weighted by Crippen LogP contribution is -2.54. The number of hydrogen-bond donors (Lipinski definition) is 1. The fourth-order valence-electron chi connectivity index (χ4n) is 2.34.